The first-order valence-electron chi connectivity index (χ1n) is 5.40. The molecule has 1 aliphatic rings. The van der Waals surface area contributed by atoms with Gasteiger partial charge in [0, 0.05) is 0 Å². The van der Waals surface area contributed by atoms with Gasteiger partial charge in [-0.2, -0.15) is 0 Å². The van der Waals surface area contributed by atoms with Crippen molar-refractivity contribution in [1.29, 1.82) is 0 Å². The number of fused-ring (bicyclic) bond motifs is 1. The SMILES string of the molecule is Nc1ncc(Cl)c2c1ncn2[C@@H]1C=C[C@@H](O)[C@H]1O. The molecule has 6 nitrogen and oxygen atoms in total. The first kappa shape index (κ1) is 11.5. The second-order valence-electron chi connectivity index (χ2n) is 4.20. The average Bonchev–Trinajstić information content (AvgIpc) is 2.91. The second-order valence-corrected chi connectivity index (χ2v) is 4.60. The smallest absolute Gasteiger partial charge is 0.151 e. The predicted molar refractivity (Wildman–Crippen MR) is 67.1 cm³/mol. The fourth-order valence-corrected chi connectivity index (χ4v) is 2.41. The largest absolute Gasteiger partial charge is 0.388 e. The molecule has 0 unspecified atom stereocenters. The molecule has 2 aromatic heterocycles. The molecule has 1 aliphatic carbocycles. The summed E-state index contributed by atoms with van der Waals surface area (Å²) in [6.07, 6.45) is 4.42. The molecule has 0 saturated carbocycles. The van der Waals surface area contributed by atoms with Crippen LogP contribution in [-0.4, -0.2) is 37.0 Å². The summed E-state index contributed by atoms with van der Waals surface area (Å²) in [7, 11) is 0. The van der Waals surface area contributed by atoms with Crippen LogP contribution in [0.25, 0.3) is 11.0 Å². The second kappa shape index (κ2) is 3.94. The van der Waals surface area contributed by atoms with Gasteiger partial charge in [-0.25, -0.2) is 9.97 Å². The molecule has 0 saturated heterocycles. The maximum atomic E-state index is 9.90. The maximum Gasteiger partial charge on any atom is 0.151 e. The van der Waals surface area contributed by atoms with Crippen molar-refractivity contribution in [1.82, 2.24) is 14.5 Å². The number of anilines is 1. The number of halogens is 1. The lowest BCUT2D eigenvalue weighted by Gasteiger charge is -2.19. The molecule has 3 atom stereocenters. The van der Waals surface area contributed by atoms with Gasteiger partial charge >= 0.3 is 0 Å². The van der Waals surface area contributed by atoms with E-state index in [4.69, 9.17) is 17.3 Å². The van der Waals surface area contributed by atoms with E-state index >= 15 is 0 Å². The van der Waals surface area contributed by atoms with E-state index < -0.39 is 18.2 Å². The fraction of sp³-hybridized carbons (Fsp3) is 0.273. The Bertz CT molecular complexity index is 639. The number of aliphatic hydroxyl groups excluding tert-OH is 2. The Balaban J connectivity index is 2.19. The van der Waals surface area contributed by atoms with Gasteiger partial charge in [-0.05, 0) is 0 Å². The maximum absolute atomic E-state index is 9.90. The minimum atomic E-state index is -0.923. The lowest BCUT2D eigenvalue weighted by molar-refractivity contribution is 0.0376. The highest BCUT2D eigenvalue weighted by molar-refractivity contribution is 6.35. The lowest BCUT2D eigenvalue weighted by Crippen LogP contribution is -2.27. The van der Waals surface area contributed by atoms with E-state index in [1.54, 1.807) is 16.7 Å². The number of nitrogens with zero attached hydrogens (tertiary/aromatic N) is 3. The molecule has 0 radical (unpaired) electrons. The van der Waals surface area contributed by atoms with Crippen molar-refractivity contribution in [2.45, 2.75) is 18.2 Å². The van der Waals surface area contributed by atoms with Gasteiger partial charge in [0.25, 0.3) is 0 Å². The van der Waals surface area contributed by atoms with Crippen LogP contribution in [0, 0.1) is 0 Å². The zero-order chi connectivity index (χ0) is 12.9. The van der Waals surface area contributed by atoms with Crippen molar-refractivity contribution in [3.05, 3.63) is 29.7 Å². The summed E-state index contributed by atoms with van der Waals surface area (Å²) in [4.78, 5) is 8.07. The standard InChI is InChI=1S/C11H11ClN4O2/c12-5-3-14-11(13)8-9(5)16(4-15-8)6-1-2-7(17)10(6)18/h1-4,6-7,10,17-18H,(H2,13,14)/t6-,7-,10+/m1/s1. The van der Waals surface area contributed by atoms with Crippen molar-refractivity contribution in [3.8, 4) is 0 Å². The van der Waals surface area contributed by atoms with Crippen LogP contribution in [0.2, 0.25) is 5.02 Å². The van der Waals surface area contributed by atoms with Crippen molar-refractivity contribution >= 4 is 28.5 Å². The van der Waals surface area contributed by atoms with Gasteiger partial charge in [-0.15, -0.1) is 0 Å². The number of aliphatic hydroxyl groups is 2. The molecule has 2 heterocycles. The lowest BCUT2D eigenvalue weighted by atomic mass is 10.2. The highest BCUT2D eigenvalue weighted by Gasteiger charge is 2.31. The number of hydrogen-bond acceptors (Lipinski definition) is 5. The molecule has 3 rings (SSSR count). The highest BCUT2D eigenvalue weighted by Crippen LogP contribution is 2.32. The van der Waals surface area contributed by atoms with Crippen molar-refractivity contribution < 1.29 is 10.2 Å². The summed E-state index contributed by atoms with van der Waals surface area (Å²) in [5.74, 6) is 0.283. The molecule has 0 amide bonds. The van der Waals surface area contributed by atoms with Crippen LogP contribution in [0.1, 0.15) is 6.04 Å². The Labute approximate surface area is 107 Å². The van der Waals surface area contributed by atoms with E-state index in [0.29, 0.717) is 16.1 Å². The molecular formula is C11H11ClN4O2. The fourth-order valence-electron chi connectivity index (χ4n) is 2.17. The molecule has 0 aliphatic heterocycles. The molecule has 0 fully saturated rings. The Hall–Kier alpha value is -1.63. The van der Waals surface area contributed by atoms with Crippen LogP contribution in [-0.2, 0) is 0 Å². The van der Waals surface area contributed by atoms with Crippen LogP contribution in [0.15, 0.2) is 24.7 Å². The summed E-state index contributed by atoms with van der Waals surface area (Å²) < 4.78 is 1.69. The zero-order valence-electron chi connectivity index (χ0n) is 9.23. The molecule has 2 aromatic rings. The molecule has 0 spiro atoms. The number of rotatable bonds is 1. The van der Waals surface area contributed by atoms with Crippen molar-refractivity contribution in [2.24, 2.45) is 0 Å². The Morgan fingerprint density at radius 2 is 2.06 bits per heavy atom. The monoisotopic (exact) mass is 266 g/mol. The molecule has 4 N–H and O–H groups in total. The summed E-state index contributed by atoms with van der Waals surface area (Å²) in [5.41, 5.74) is 6.82. The third kappa shape index (κ3) is 1.50. The normalized spacial score (nSPS) is 27.2. The van der Waals surface area contributed by atoms with Gasteiger partial charge in [0.1, 0.15) is 17.7 Å². The van der Waals surface area contributed by atoms with Gasteiger partial charge in [-0.1, -0.05) is 23.8 Å². The number of nitrogens with two attached hydrogens (primary N) is 1. The predicted octanol–water partition coefficient (Wildman–Crippen LogP) is 0.500. The molecule has 94 valence electrons. The Morgan fingerprint density at radius 3 is 2.72 bits per heavy atom. The van der Waals surface area contributed by atoms with E-state index in [1.165, 1.54) is 12.5 Å². The number of aromatic nitrogens is 3. The minimum absolute atomic E-state index is 0.283. The third-order valence-electron chi connectivity index (χ3n) is 3.11. The van der Waals surface area contributed by atoms with E-state index in [2.05, 4.69) is 9.97 Å². The molecule has 7 heteroatoms. The van der Waals surface area contributed by atoms with Crippen LogP contribution in [0.4, 0.5) is 5.82 Å². The number of pyridine rings is 1. The van der Waals surface area contributed by atoms with Crippen molar-refractivity contribution in [3.63, 3.8) is 0 Å². The average molecular weight is 267 g/mol. The molecule has 0 aromatic carbocycles. The van der Waals surface area contributed by atoms with Crippen molar-refractivity contribution in [2.75, 3.05) is 5.73 Å². The number of imidazole rings is 1. The third-order valence-corrected chi connectivity index (χ3v) is 3.38. The van der Waals surface area contributed by atoms with Crippen LogP contribution in [0.5, 0.6) is 0 Å². The zero-order valence-corrected chi connectivity index (χ0v) is 9.99. The topological polar surface area (TPSA) is 97.2 Å². The van der Waals surface area contributed by atoms with Crippen LogP contribution >= 0.6 is 11.6 Å². The Kier molecular flexibility index (Phi) is 2.51. The first-order valence-corrected chi connectivity index (χ1v) is 5.78. The number of nitrogen functional groups attached to an aromatic ring is 1. The summed E-state index contributed by atoms with van der Waals surface area (Å²) in [6, 6.07) is -0.413. The van der Waals surface area contributed by atoms with E-state index in [-0.39, 0.29) is 5.82 Å². The van der Waals surface area contributed by atoms with E-state index in [1.807, 2.05) is 0 Å². The van der Waals surface area contributed by atoms with Gasteiger partial charge in [0.15, 0.2) is 5.82 Å². The molecule has 18 heavy (non-hydrogen) atoms. The summed E-state index contributed by atoms with van der Waals surface area (Å²) in [6.45, 7) is 0. The van der Waals surface area contributed by atoms with Gasteiger partial charge < -0.3 is 20.5 Å². The van der Waals surface area contributed by atoms with E-state index in [0.717, 1.165) is 0 Å². The van der Waals surface area contributed by atoms with Gasteiger partial charge in [0.05, 0.1) is 29.1 Å². The summed E-state index contributed by atoms with van der Waals surface area (Å²) >= 11 is 6.09. The van der Waals surface area contributed by atoms with Gasteiger partial charge in [-0.3, -0.25) is 0 Å². The number of hydrogen-bond donors (Lipinski definition) is 3. The molecular weight excluding hydrogens is 256 g/mol. The van der Waals surface area contributed by atoms with E-state index in [9.17, 15) is 10.2 Å². The molecule has 0 bridgehead atoms. The quantitative estimate of drug-likeness (QED) is 0.653. The van der Waals surface area contributed by atoms with Gasteiger partial charge in [0.2, 0.25) is 0 Å². The van der Waals surface area contributed by atoms with Crippen LogP contribution < -0.4 is 5.73 Å². The Morgan fingerprint density at radius 1 is 1.28 bits per heavy atom. The summed E-state index contributed by atoms with van der Waals surface area (Å²) in [5, 5.41) is 19.8. The minimum Gasteiger partial charge on any atom is -0.388 e. The highest BCUT2D eigenvalue weighted by atomic mass is 35.5. The first-order chi connectivity index (χ1) is 8.59. The van der Waals surface area contributed by atoms with Crippen LogP contribution in [0.3, 0.4) is 0 Å².